The normalized spacial score (nSPS) is 42.4. The summed E-state index contributed by atoms with van der Waals surface area (Å²) >= 11 is 0. The first-order valence-corrected chi connectivity index (χ1v) is 7.14. The molecule has 17 heavy (non-hydrogen) atoms. The Hall–Kier alpha value is -0.770. The maximum atomic E-state index is 12.0. The minimum absolute atomic E-state index is 0.403. The van der Waals surface area contributed by atoms with E-state index in [1.165, 1.54) is 38.5 Å². The number of hydrogen-bond donors (Lipinski definition) is 0. The van der Waals surface area contributed by atoms with Crippen LogP contribution in [0.2, 0.25) is 0 Å². The highest BCUT2D eigenvalue weighted by Gasteiger charge is 2.51. The summed E-state index contributed by atoms with van der Waals surface area (Å²) in [6.07, 6.45) is 15.7. The van der Waals surface area contributed by atoms with Gasteiger partial charge in [0.05, 0.1) is 0 Å². The second-order valence-corrected chi connectivity index (χ2v) is 6.84. The van der Waals surface area contributed by atoms with E-state index in [1.807, 2.05) is 0 Å². The van der Waals surface area contributed by atoms with Crippen LogP contribution in [0.3, 0.4) is 0 Å². The van der Waals surface area contributed by atoms with Crippen molar-refractivity contribution in [1.29, 1.82) is 0 Å². The summed E-state index contributed by atoms with van der Waals surface area (Å²) in [5.41, 5.74) is 0.403. The Morgan fingerprint density at radius 3 is 2.12 bits per heavy atom. The zero-order valence-electron chi connectivity index (χ0n) is 10.6. The van der Waals surface area contributed by atoms with Gasteiger partial charge in [0.25, 0.3) is 0 Å². The number of terminal acetylenes is 1. The lowest BCUT2D eigenvalue weighted by atomic mass is 9.48. The van der Waals surface area contributed by atoms with Crippen molar-refractivity contribution in [2.24, 2.45) is 23.2 Å². The van der Waals surface area contributed by atoms with Crippen LogP contribution < -0.4 is 0 Å². The van der Waals surface area contributed by atoms with Gasteiger partial charge in [0.15, 0.2) is 0 Å². The van der Waals surface area contributed by atoms with Gasteiger partial charge in [-0.2, -0.15) is 0 Å². The largest absolute Gasteiger partial charge is 0.300 e. The third kappa shape index (κ3) is 2.15. The number of ketones is 1. The Labute approximate surface area is 104 Å². The average molecular weight is 230 g/mol. The van der Waals surface area contributed by atoms with Crippen LogP contribution in [0.5, 0.6) is 0 Å². The molecule has 0 unspecified atom stereocenters. The first-order chi connectivity index (χ1) is 8.19. The van der Waals surface area contributed by atoms with Crippen molar-refractivity contribution in [2.75, 3.05) is 0 Å². The summed E-state index contributed by atoms with van der Waals surface area (Å²) in [6, 6.07) is 0. The lowest BCUT2D eigenvalue weighted by Crippen LogP contribution is -2.46. The number of carbonyl (C=O) groups is 1. The highest BCUT2D eigenvalue weighted by Crippen LogP contribution is 2.61. The molecule has 4 bridgehead atoms. The first-order valence-electron chi connectivity index (χ1n) is 7.14. The van der Waals surface area contributed by atoms with E-state index in [4.69, 9.17) is 6.42 Å². The third-order valence-electron chi connectivity index (χ3n) is 5.29. The van der Waals surface area contributed by atoms with E-state index in [-0.39, 0.29) is 0 Å². The summed E-state index contributed by atoms with van der Waals surface area (Å²) in [5, 5.41) is 0. The lowest BCUT2D eigenvalue weighted by molar-refractivity contribution is -0.127. The fourth-order valence-corrected chi connectivity index (χ4v) is 5.22. The van der Waals surface area contributed by atoms with Crippen molar-refractivity contribution >= 4 is 5.78 Å². The molecule has 1 nitrogen and oxygen atoms in total. The Morgan fingerprint density at radius 2 is 1.65 bits per heavy atom. The molecule has 4 aliphatic carbocycles. The van der Waals surface area contributed by atoms with Crippen molar-refractivity contribution in [1.82, 2.24) is 0 Å². The molecule has 0 N–H and O–H groups in total. The van der Waals surface area contributed by atoms with E-state index < -0.39 is 0 Å². The molecule has 92 valence electrons. The van der Waals surface area contributed by atoms with Crippen molar-refractivity contribution in [2.45, 2.75) is 57.8 Å². The fourth-order valence-electron chi connectivity index (χ4n) is 5.22. The predicted octanol–water partition coefficient (Wildman–Crippen LogP) is 3.58. The van der Waals surface area contributed by atoms with Crippen LogP contribution in [-0.2, 0) is 4.79 Å². The molecule has 0 aliphatic heterocycles. The molecule has 0 amide bonds. The van der Waals surface area contributed by atoms with Crippen LogP contribution in [0.1, 0.15) is 57.8 Å². The highest BCUT2D eigenvalue weighted by atomic mass is 16.1. The Balaban J connectivity index is 1.66. The standard InChI is InChI=1S/C16H22O/c1-2-3-4-15(17)11-16-8-12-5-13(9-16)7-14(6-12)10-16/h1,12-14H,3-11H2. The predicted molar refractivity (Wildman–Crippen MR) is 68.3 cm³/mol. The van der Waals surface area contributed by atoms with E-state index in [1.54, 1.807) is 0 Å². The van der Waals surface area contributed by atoms with Crippen molar-refractivity contribution in [3.8, 4) is 12.3 Å². The molecule has 4 rings (SSSR count). The van der Waals surface area contributed by atoms with Crippen LogP contribution in [0, 0.1) is 35.5 Å². The molecule has 0 spiro atoms. The molecule has 4 saturated carbocycles. The summed E-state index contributed by atoms with van der Waals surface area (Å²) in [5.74, 6) is 5.85. The maximum absolute atomic E-state index is 12.0. The van der Waals surface area contributed by atoms with Crippen molar-refractivity contribution in [3.63, 3.8) is 0 Å². The number of rotatable bonds is 4. The number of hydrogen-bond acceptors (Lipinski definition) is 1. The quantitative estimate of drug-likeness (QED) is 0.675. The molecular weight excluding hydrogens is 208 g/mol. The van der Waals surface area contributed by atoms with E-state index in [0.29, 0.717) is 24.0 Å². The Kier molecular flexibility index (Phi) is 2.77. The molecule has 0 aromatic carbocycles. The molecule has 0 heterocycles. The molecule has 0 saturated heterocycles. The van der Waals surface area contributed by atoms with Gasteiger partial charge in [-0.05, 0) is 61.7 Å². The van der Waals surface area contributed by atoms with Crippen LogP contribution in [0.4, 0.5) is 0 Å². The van der Waals surface area contributed by atoms with Gasteiger partial charge in [-0.15, -0.1) is 12.3 Å². The second kappa shape index (κ2) is 4.16. The molecule has 0 aromatic rings. The third-order valence-corrected chi connectivity index (χ3v) is 5.29. The van der Waals surface area contributed by atoms with Crippen LogP contribution in [0.15, 0.2) is 0 Å². The SMILES string of the molecule is C#CCCC(=O)CC12CC3CC(CC(C3)C1)C2. The molecule has 4 aliphatic rings. The smallest absolute Gasteiger partial charge is 0.134 e. The first kappa shape index (κ1) is 11.3. The van der Waals surface area contributed by atoms with Crippen LogP contribution in [0.25, 0.3) is 0 Å². The van der Waals surface area contributed by atoms with Gasteiger partial charge in [-0.1, -0.05) is 0 Å². The molecule has 0 atom stereocenters. The number of carbonyl (C=O) groups excluding carboxylic acids is 1. The summed E-state index contributed by atoms with van der Waals surface area (Å²) < 4.78 is 0. The van der Waals surface area contributed by atoms with Gasteiger partial charge < -0.3 is 0 Å². The molecule has 1 heteroatoms. The highest BCUT2D eigenvalue weighted by molar-refractivity contribution is 5.79. The van der Waals surface area contributed by atoms with Gasteiger partial charge >= 0.3 is 0 Å². The van der Waals surface area contributed by atoms with Crippen molar-refractivity contribution in [3.05, 3.63) is 0 Å². The molecular formula is C16H22O. The minimum Gasteiger partial charge on any atom is -0.300 e. The monoisotopic (exact) mass is 230 g/mol. The average Bonchev–Trinajstić information content (AvgIpc) is 2.23. The van der Waals surface area contributed by atoms with E-state index in [9.17, 15) is 4.79 Å². The van der Waals surface area contributed by atoms with Crippen molar-refractivity contribution < 1.29 is 4.79 Å². The molecule has 4 fully saturated rings. The van der Waals surface area contributed by atoms with E-state index >= 15 is 0 Å². The zero-order valence-corrected chi connectivity index (χ0v) is 10.6. The second-order valence-electron chi connectivity index (χ2n) is 6.84. The van der Waals surface area contributed by atoms with Crippen LogP contribution in [-0.4, -0.2) is 5.78 Å². The topological polar surface area (TPSA) is 17.1 Å². The summed E-state index contributed by atoms with van der Waals surface area (Å²) in [7, 11) is 0. The zero-order chi connectivity index (χ0) is 11.9. The van der Waals surface area contributed by atoms with Gasteiger partial charge in [-0.3, -0.25) is 4.79 Å². The van der Waals surface area contributed by atoms with Gasteiger partial charge in [0.2, 0.25) is 0 Å². The summed E-state index contributed by atoms with van der Waals surface area (Å²) in [4.78, 5) is 12.0. The van der Waals surface area contributed by atoms with Crippen LogP contribution >= 0.6 is 0 Å². The molecule has 0 aromatic heterocycles. The van der Waals surface area contributed by atoms with Gasteiger partial charge in [-0.25, -0.2) is 0 Å². The van der Waals surface area contributed by atoms with Gasteiger partial charge in [0.1, 0.15) is 5.78 Å². The Bertz CT molecular complexity index is 325. The molecule has 0 radical (unpaired) electrons. The fraction of sp³-hybridized carbons (Fsp3) is 0.812. The minimum atomic E-state index is 0.403. The van der Waals surface area contributed by atoms with E-state index in [0.717, 1.165) is 24.2 Å². The number of Topliss-reactive ketones (excluding diaryl/α,β-unsaturated/α-hetero) is 1. The van der Waals surface area contributed by atoms with E-state index in [2.05, 4.69) is 5.92 Å². The van der Waals surface area contributed by atoms with Gasteiger partial charge in [0, 0.05) is 19.3 Å². The maximum Gasteiger partial charge on any atom is 0.134 e. The Morgan fingerprint density at radius 1 is 1.12 bits per heavy atom. The summed E-state index contributed by atoms with van der Waals surface area (Å²) in [6.45, 7) is 0. The lowest BCUT2D eigenvalue weighted by Gasteiger charge is -2.56.